The standard InChI is InChI=1S/C11H21N3/c1-4-10-8-11(5-2)14(13-10)7-6-9(3)12/h8-9H,4-7,12H2,1-3H3. The number of hydrogen-bond donors (Lipinski definition) is 1. The molecule has 3 nitrogen and oxygen atoms in total. The molecule has 1 aromatic heterocycles. The van der Waals surface area contributed by atoms with Gasteiger partial charge in [-0.2, -0.15) is 5.10 Å². The molecule has 1 heterocycles. The second kappa shape index (κ2) is 5.15. The minimum atomic E-state index is 0.258. The van der Waals surface area contributed by atoms with E-state index in [2.05, 4.69) is 29.7 Å². The number of nitrogens with zero attached hydrogens (tertiary/aromatic N) is 2. The van der Waals surface area contributed by atoms with Gasteiger partial charge in [0.2, 0.25) is 0 Å². The second-order valence-corrected chi connectivity index (χ2v) is 3.82. The van der Waals surface area contributed by atoms with Gasteiger partial charge in [-0.1, -0.05) is 13.8 Å². The molecule has 14 heavy (non-hydrogen) atoms. The van der Waals surface area contributed by atoms with Gasteiger partial charge in [-0.25, -0.2) is 0 Å². The minimum absolute atomic E-state index is 0.258. The summed E-state index contributed by atoms with van der Waals surface area (Å²) in [6.07, 6.45) is 3.06. The molecule has 0 aliphatic rings. The molecule has 0 radical (unpaired) electrons. The first-order chi connectivity index (χ1) is 6.67. The van der Waals surface area contributed by atoms with Crippen LogP contribution in [0.2, 0.25) is 0 Å². The van der Waals surface area contributed by atoms with Gasteiger partial charge in [-0.3, -0.25) is 4.68 Å². The van der Waals surface area contributed by atoms with Gasteiger partial charge in [-0.15, -0.1) is 0 Å². The fraction of sp³-hybridized carbons (Fsp3) is 0.727. The summed E-state index contributed by atoms with van der Waals surface area (Å²) in [6.45, 7) is 7.28. The van der Waals surface area contributed by atoms with Crippen LogP contribution >= 0.6 is 0 Å². The number of rotatable bonds is 5. The molecule has 3 heteroatoms. The van der Waals surface area contributed by atoms with Gasteiger partial charge < -0.3 is 5.73 Å². The molecule has 80 valence electrons. The van der Waals surface area contributed by atoms with Crippen LogP contribution in [0.3, 0.4) is 0 Å². The first-order valence-electron chi connectivity index (χ1n) is 5.48. The molecule has 0 aromatic carbocycles. The highest BCUT2D eigenvalue weighted by Crippen LogP contribution is 2.07. The number of aromatic nitrogens is 2. The lowest BCUT2D eigenvalue weighted by Gasteiger charge is -2.07. The van der Waals surface area contributed by atoms with Crippen LogP contribution in [-0.2, 0) is 19.4 Å². The van der Waals surface area contributed by atoms with Crippen molar-refractivity contribution < 1.29 is 0 Å². The lowest BCUT2D eigenvalue weighted by atomic mass is 10.2. The fourth-order valence-electron chi connectivity index (χ4n) is 1.49. The summed E-state index contributed by atoms with van der Waals surface area (Å²) in [6, 6.07) is 2.45. The van der Waals surface area contributed by atoms with E-state index in [1.54, 1.807) is 0 Å². The van der Waals surface area contributed by atoms with E-state index in [1.165, 1.54) is 11.4 Å². The molecule has 0 aliphatic carbocycles. The first kappa shape index (κ1) is 11.2. The van der Waals surface area contributed by atoms with Crippen molar-refractivity contribution in [1.29, 1.82) is 0 Å². The molecule has 1 atom stereocenters. The fourth-order valence-corrected chi connectivity index (χ4v) is 1.49. The summed E-state index contributed by atoms with van der Waals surface area (Å²) < 4.78 is 2.10. The Hall–Kier alpha value is -0.830. The molecule has 0 aliphatic heterocycles. The molecule has 1 unspecified atom stereocenters. The molecule has 0 saturated carbocycles. The highest BCUT2D eigenvalue weighted by atomic mass is 15.3. The van der Waals surface area contributed by atoms with Gasteiger partial charge in [0.1, 0.15) is 0 Å². The van der Waals surface area contributed by atoms with E-state index in [1.807, 2.05) is 6.92 Å². The lowest BCUT2D eigenvalue weighted by molar-refractivity contribution is 0.512. The molecule has 2 N–H and O–H groups in total. The Labute approximate surface area is 86.3 Å². The number of nitrogens with two attached hydrogens (primary N) is 1. The van der Waals surface area contributed by atoms with Crippen LogP contribution in [-0.4, -0.2) is 15.8 Å². The lowest BCUT2D eigenvalue weighted by Crippen LogP contribution is -2.18. The molecular formula is C11H21N3. The van der Waals surface area contributed by atoms with Crippen LogP contribution in [0.15, 0.2) is 6.07 Å². The van der Waals surface area contributed by atoms with Crippen molar-refractivity contribution in [3.8, 4) is 0 Å². The van der Waals surface area contributed by atoms with Crippen LogP contribution < -0.4 is 5.73 Å². The van der Waals surface area contributed by atoms with Gasteiger partial charge in [-0.05, 0) is 32.3 Å². The van der Waals surface area contributed by atoms with Gasteiger partial charge in [0.15, 0.2) is 0 Å². The molecule has 0 bridgehead atoms. The highest BCUT2D eigenvalue weighted by Gasteiger charge is 2.05. The Bertz CT molecular complexity index is 276. The Balaban J connectivity index is 2.68. The zero-order chi connectivity index (χ0) is 10.6. The zero-order valence-electron chi connectivity index (χ0n) is 9.45. The van der Waals surface area contributed by atoms with E-state index in [-0.39, 0.29) is 6.04 Å². The van der Waals surface area contributed by atoms with Crippen molar-refractivity contribution in [3.05, 3.63) is 17.5 Å². The second-order valence-electron chi connectivity index (χ2n) is 3.82. The predicted octanol–water partition coefficient (Wildman–Crippen LogP) is 1.75. The van der Waals surface area contributed by atoms with Gasteiger partial charge in [0.25, 0.3) is 0 Å². The van der Waals surface area contributed by atoms with Crippen molar-refractivity contribution >= 4 is 0 Å². The minimum Gasteiger partial charge on any atom is -0.328 e. The Morgan fingerprint density at radius 2 is 2.14 bits per heavy atom. The molecule has 0 fully saturated rings. The SMILES string of the molecule is CCc1cc(CC)n(CCC(C)N)n1. The van der Waals surface area contributed by atoms with E-state index in [4.69, 9.17) is 5.73 Å². The normalized spacial score (nSPS) is 13.1. The average Bonchev–Trinajstić information content (AvgIpc) is 2.57. The van der Waals surface area contributed by atoms with Crippen molar-refractivity contribution in [3.63, 3.8) is 0 Å². The van der Waals surface area contributed by atoms with E-state index in [0.29, 0.717) is 0 Å². The summed E-state index contributed by atoms with van der Waals surface area (Å²) in [5, 5.41) is 4.53. The van der Waals surface area contributed by atoms with Crippen LogP contribution in [0.1, 0.15) is 38.6 Å². The van der Waals surface area contributed by atoms with Crippen LogP contribution in [0.5, 0.6) is 0 Å². The molecule has 0 amide bonds. The zero-order valence-corrected chi connectivity index (χ0v) is 9.45. The molecule has 0 spiro atoms. The van der Waals surface area contributed by atoms with Crippen molar-refractivity contribution in [2.24, 2.45) is 5.73 Å². The maximum Gasteiger partial charge on any atom is 0.0624 e. The van der Waals surface area contributed by atoms with Crippen LogP contribution in [0.4, 0.5) is 0 Å². The maximum absolute atomic E-state index is 5.73. The molecule has 1 aromatic rings. The average molecular weight is 195 g/mol. The van der Waals surface area contributed by atoms with Crippen molar-refractivity contribution in [2.75, 3.05) is 0 Å². The third kappa shape index (κ3) is 2.84. The van der Waals surface area contributed by atoms with Crippen LogP contribution in [0.25, 0.3) is 0 Å². The van der Waals surface area contributed by atoms with Gasteiger partial charge >= 0.3 is 0 Å². The summed E-state index contributed by atoms with van der Waals surface area (Å²) in [5.41, 5.74) is 8.24. The molecular weight excluding hydrogens is 174 g/mol. The monoisotopic (exact) mass is 195 g/mol. The molecule has 0 saturated heterocycles. The third-order valence-electron chi connectivity index (χ3n) is 2.43. The molecule has 1 rings (SSSR count). The topological polar surface area (TPSA) is 43.8 Å². The Morgan fingerprint density at radius 3 is 2.64 bits per heavy atom. The van der Waals surface area contributed by atoms with E-state index in [9.17, 15) is 0 Å². The van der Waals surface area contributed by atoms with Crippen molar-refractivity contribution in [1.82, 2.24) is 9.78 Å². The van der Waals surface area contributed by atoms with Crippen molar-refractivity contribution in [2.45, 2.75) is 52.6 Å². The summed E-state index contributed by atoms with van der Waals surface area (Å²) >= 11 is 0. The largest absolute Gasteiger partial charge is 0.328 e. The summed E-state index contributed by atoms with van der Waals surface area (Å²) in [4.78, 5) is 0. The van der Waals surface area contributed by atoms with E-state index < -0.39 is 0 Å². The Morgan fingerprint density at radius 1 is 1.43 bits per heavy atom. The van der Waals surface area contributed by atoms with Gasteiger partial charge in [0, 0.05) is 18.3 Å². The quantitative estimate of drug-likeness (QED) is 0.778. The maximum atomic E-state index is 5.73. The Kier molecular flexibility index (Phi) is 4.14. The summed E-state index contributed by atoms with van der Waals surface area (Å²) in [5.74, 6) is 0. The van der Waals surface area contributed by atoms with Crippen LogP contribution in [0, 0.1) is 0 Å². The smallest absolute Gasteiger partial charge is 0.0624 e. The number of aryl methyl sites for hydroxylation is 3. The van der Waals surface area contributed by atoms with E-state index >= 15 is 0 Å². The highest BCUT2D eigenvalue weighted by molar-refractivity contribution is 5.10. The number of hydrogen-bond acceptors (Lipinski definition) is 2. The third-order valence-corrected chi connectivity index (χ3v) is 2.43. The predicted molar refractivity (Wildman–Crippen MR) is 59.2 cm³/mol. The first-order valence-corrected chi connectivity index (χ1v) is 5.48. The summed E-state index contributed by atoms with van der Waals surface area (Å²) in [7, 11) is 0. The van der Waals surface area contributed by atoms with Gasteiger partial charge in [0.05, 0.1) is 5.69 Å². The van der Waals surface area contributed by atoms with E-state index in [0.717, 1.165) is 25.8 Å².